The predicted octanol–water partition coefficient (Wildman–Crippen LogP) is 1.55. The molecule has 1 aromatic heterocycles. The van der Waals surface area contributed by atoms with Gasteiger partial charge < -0.3 is 5.73 Å². The number of nitrogen functional groups attached to an aromatic ring is 1. The lowest BCUT2D eigenvalue weighted by atomic mass is 10.2. The molecule has 0 aromatic carbocycles. The van der Waals surface area contributed by atoms with Crippen molar-refractivity contribution in [2.75, 3.05) is 5.73 Å². The quantitative estimate of drug-likeness (QED) is 0.695. The summed E-state index contributed by atoms with van der Waals surface area (Å²) < 4.78 is 1.84. The SMILES string of the molecule is N#CCCCCCn1cc(N)cn1. The molecule has 13 heavy (non-hydrogen) atoms. The first kappa shape index (κ1) is 9.59. The first-order valence-electron chi connectivity index (χ1n) is 4.48. The molecule has 0 aliphatic heterocycles. The van der Waals surface area contributed by atoms with E-state index in [1.807, 2.05) is 10.9 Å². The minimum absolute atomic E-state index is 0.654. The molecule has 0 spiro atoms. The fourth-order valence-electron chi connectivity index (χ4n) is 1.16. The summed E-state index contributed by atoms with van der Waals surface area (Å²) >= 11 is 0. The molecule has 1 rings (SSSR count). The van der Waals surface area contributed by atoms with Crippen molar-refractivity contribution < 1.29 is 0 Å². The second-order valence-corrected chi connectivity index (χ2v) is 3.01. The van der Waals surface area contributed by atoms with Gasteiger partial charge in [-0.05, 0) is 12.8 Å². The van der Waals surface area contributed by atoms with Crippen molar-refractivity contribution in [2.24, 2.45) is 0 Å². The molecule has 0 fully saturated rings. The van der Waals surface area contributed by atoms with Crippen molar-refractivity contribution in [3.05, 3.63) is 12.4 Å². The molecule has 0 aliphatic carbocycles. The standard InChI is InChI=1S/C9H14N4/c10-5-3-1-2-4-6-13-8-9(11)7-12-13/h7-8H,1-4,6,11H2. The Hall–Kier alpha value is -1.50. The Morgan fingerprint density at radius 3 is 2.92 bits per heavy atom. The Morgan fingerprint density at radius 2 is 2.31 bits per heavy atom. The number of nitrogens with zero attached hydrogens (tertiary/aromatic N) is 3. The lowest BCUT2D eigenvalue weighted by molar-refractivity contribution is 0.547. The number of hydrogen-bond acceptors (Lipinski definition) is 3. The number of hydrogen-bond donors (Lipinski definition) is 1. The number of rotatable bonds is 5. The van der Waals surface area contributed by atoms with Crippen LogP contribution in [0.15, 0.2) is 12.4 Å². The molecule has 0 amide bonds. The van der Waals surface area contributed by atoms with Crippen molar-refractivity contribution in [3.8, 4) is 6.07 Å². The minimum Gasteiger partial charge on any atom is -0.396 e. The van der Waals surface area contributed by atoms with Crippen LogP contribution in [0.4, 0.5) is 5.69 Å². The first-order chi connectivity index (χ1) is 6.33. The maximum absolute atomic E-state index is 8.30. The van der Waals surface area contributed by atoms with E-state index >= 15 is 0 Å². The van der Waals surface area contributed by atoms with Gasteiger partial charge in [0, 0.05) is 19.2 Å². The summed E-state index contributed by atoms with van der Waals surface area (Å²) in [5, 5.41) is 12.4. The fraction of sp³-hybridized carbons (Fsp3) is 0.556. The van der Waals surface area contributed by atoms with Crippen molar-refractivity contribution in [2.45, 2.75) is 32.2 Å². The van der Waals surface area contributed by atoms with Crippen LogP contribution in [-0.4, -0.2) is 9.78 Å². The summed E-state index contributed by atoms with van der Waals surface area (Å²) in [5.41, 5.74) is 6.21. The smallest absolute Gasteiger partial charge is 0.0719 e. The van der Waals surface area contributed by atoms with Crippen LogP contribution in [-0.2, 0) is 6.54 Å². The molecule has 0 unspecified atom stereocenters. The van der Waals surface area contributed by atoms with Crippen LogP contribution >= 0.6 is 0 Å². The van der Waals surface area contributed by atoms with E-state index in [0.717, 1.165) is 25.8 Å². The van der Waals surface area contributed by atoms with E-state index in [9.17, 15) is 0 Å². The second kappa shape index (κ2) is 5.20. The van der Waals surface area contributed by atoms with E-state index in [1.54, 1.807) is 6.20 Å². The average molecular weight is 178 g/mol. The average Bonchev–Trinajstić information content (AvgIpc) is 2.51. The van der Waals surface area contributed by atoms with Gasteiger partial charge in [0.15, 0.2) is 0 Å². The monoisotopic (exact) mass is 178 g/mol. The molecule has 2 N–H and O–H groups in total. The van der Waals surface area contributed by atoms with E-state index in [-0.39, 0.29) is 0 Å². The van der Waals surface area contributed by atoms with Gasteiger partial charge in [0.25, 0.3) is 0 Å². The zero-order valence-corrected chi connectivity index (χ0v) is 7.61. The summed E-state index contributed by atoms with van der Waals surface area (Å²) in [4.78, 5) is 0. The molecule has 1 aromatic rings. The molecule has 0 radical (unpaired) electrons. The number of aromatic nitrogens is 2. The van der Waals surface area contributed by atoms with Gasteiger partial charge in [0.2, 0.25) is 0 Å². The van der Waals surface area contributed by atoms with Crippen LogP contribution in [0.25, 0.3) is 0 Å². The zero-order chi connectivity index (χ0) is 9.52. The molecule has 0 bridgehead atoms. The maximum atomic E-state index is 8.30. The van der Waals surface area contributed by atoms with Crippen LogP contribution in [0, 0.1) is 11.3 Å². The van der Waals surface area contributed by atoms with Gasteiger partial charge in [0.1, 0.15) is 0 Å². The Morgan fingerprint density at radius 1 is 1.46 bits per heavy atom. The highest BCUT2D eigenvalue weighted by molar-refractivity contribution is 5.30. The maximum Gasteiger partial charge on any atom is 0.0719 e. The Labute approximate surface area is 78.0 Å². The zero-order valence-electron chi connectivity index (χ0n) is 7.61. The van der Waals surface area contributed by atoms with Crippen LogP contribution in [0.3, 0.4) is 0 Å². The lowest BCUT2D eigenvalue weighted by Crippen LogP contribution is -1.97. The van der Waals surface area contributed by atoms with Gasteiger partial charge in [-0.2, -0.15) is 10.4 Å². The van der Waals surface area contributed by atoms with Gasteiger partial charge in [0.05, 0.1) is 18.0 Å². The van der Waals surface area contributed by atoms with E-state index in [2.05, 4.69) is 11.2 Å². The van der Waals surface area contributed by atoms with Gasteiger partial charge >= 0.3 is 0 Å². The Kier molecular flexibility index (Phi) is 3.83. The van der Waals surface area contributed by atoms with Crippen LogP contribution < -0.4 is 5.73 Å². The van der Waals surface area contributed by atoms with E-state index in [4.69, 9.17) is 11.0 Å². The third-order valence-electron chi connectivity index (χ3n) is 1.83. The number of unbranched alkanes of at least 4 members (excludes halogenated alkanes) is 3. The van der Waals surface area contributed by atoms with E-state index < -0.39 is 0 Å². The minimum atomic E-state index is 0.654. The van der Waals surface area contributed by atoms with E-state index in [1.165, 1.54) is 0 Å². The normalized spacial score (nSPS) is 9.77. The number of anilines is 1. The third kappa shape index (κ3) is 3.61. The van der Waals surface area contributed by atoms with Gasteiger partial charge in [-0.3, -0.25) is 4.68 Å². The third-order valence-corrected chi connectivity index (χ3v) is 1.83. The molecule has 4 nitrogen and oxygen atoms in total. The van der Waals surface area contributed by atoms with Crippen molar-refractivity contribution in [1.29, 1.82) is 5.26 Å². The highest BCUT2D eigenvalue weighted by Crippen LogP contribution is 2.03. The fourth-order valence-corrected chi connectivity index (χ4v) is 1.16. The Balaban J connectivity index is 2.10. The number of nitrogens with two attached hydrogens (primary N) is 1. The number of nitriles is 1. The molecule has 1 heterocycles. The van der Waals surface area contributed by atoms with Crippen LogP contribution in [0.2, 0.25) is 0 Å². The summed E-state index contributed by atoms with van der Waals surface area (Å²) in [7, 11) is 0. The predicted molar refractivity (Wildman–Crippen MR) is 50.7 cm³/mol. The topological polar surface area (TPSA) is 67.6 Å². The Bertz CT molecular complexity index is 284. The summed E-state index contributed by atoms with van der Waals surface area (Å²) in [6.45, 7) is 0.891. The molecule has 0 aliphatic rings. The molecule has 4 heteroatoms. The largest absolute Gasteiger partial charge is 0.396 e. The van der Waals surface area contributed by atoms with Crippen LogP contribution in [0.1, 0.15) is 25.7 Å². The van der Waals surface area contributed by atoms with Gasteiger partial charge in [-0.15, -0.1) is 0 Å². The molecule has 0 saturated heterocycles. The van der Waals surface area contributed by atoms with Crippen molar-refractivity contribution in [1.82, 2.24) is 9.78 Å². The molecule has 0 atom stereocenters. The molecular weight excluding hydrogens is 164 g/mol. The van der Waals surface area contributed by atoms with Crippen LogP contribution in [0.5, 0.6) is 0 Å². The highest BCUT2D eigenvalue weighted by atomic mass is 15.3. The highest BCUT2D eigenvalue weighted by Gasteiger charge is 1.94. The van der Waals surface area contributed by atoms with Crippen molar-refractivity contribution in [3.63, 3.8) is 0 Å². The summed E-state index contributed by atoms with van der Waals surface area (Å²) in [6.07, 6.45) is 7.24. The first-order valence-corrected chi connectivity index (χ1v) is 4.48. The number of aryl methyl sites for hydroxylation is 1. The molecule has 70 valence electrons. The molecular formula is C9H14N4. The van der Waals surface area contributed by atoms with Gasteiger partial charge in [-0.25, -0.2) is 0 Å². The summed E-state index contributed by atoms with van der Waals surface area (Å²) in [6, 6.07) is 2.13. The van der Waals surface area contributed by atoms with E-state index in [0.29, 0.717) is 12.1 Å². The molecule has 0 saturated carbocycles. The van der Waals surface area contributed by atoms with Crippen molar-refractivity contribution >= 4 is 5.69 Å². The second-order valence-electron chi connectivity index (χ2n) is 3.01. The van der Waals surface area contributed by atoms with Gasteiger partial charge in [-0.1, -0.05) is 6.42 Å². The summed E-state index contributed by atoms with van der Waals surface area (Å²) in [5.74, 6) is 0. The lowest BCUT2D eigenvalue weighted by Gasteiger charge is -1.99.